The van der Waals surface area contributed by atoms with Gasteiger partial charge in [0.25, 0.3) is 0 Å². The minimum absolute atomic E-state index is 0.365. The fourth-order valence-corrected chi connectivity index (χ4v) is 1.76. The van der Waals surface area contributed by atoms with Crippen LogP contribution in [-0.4, -0.2) is 4.98 Å². The van der Waals surface area contributed by atoms with Gasteiger partial charge in [-0.1, -0.05) is 23.7 Å². The Kier molecular flexibility index (Phi) is 3.87. The zero-order chi connectivity index (χ0) is 12.3. The molecule has 2 nitrogen and oxygen atoms in total. The summed E-state index contributed by atoms with van der Waals surface area (Å²) in [7, 11) is 0. The van der Waals surface area contributed by atoms with E-state index in [4.69, 9.17) is 27.6 Å². The molecule has 0 spiro atoms. The van der Waals surface area contributed by atoms with Gasteiger partial charge in [0.05, 0.1) is 11.6 Å². The number of hydrogen-bond acceptors (Lipinski definition) is 2. The molecule has 4 heteroatoms. The largest absolute Gasteiger partial charge is 0.442 e. The predicted octanol–water partition coefficient (Wildman–Crippen LogP) is 4.55. The summed E-state index contributed by atoms with van der Waals surface area (Å²) >= 11 is 11.5. The summed E-state index contributed by atoms with van der Waals surface area (Å²) in [5.74, 6) is 1.69. The molecule has 0 N–H and O–H groups in total. The van der Waals surface area contributed by atoms with E-state index in [9.17, 15) is 0 Å². The predicted molar refractivity (Wildman–Crippen MR) is 71.2 cm³/mol. The first-order valence-corrected chi connectivity index (χ1v) is 6.06. The van der Waals surface area contributed by atoms with Crippen molar-refractivity contribution < 1.29 is 4.42 Å². The highest BCUT2D eigenvalue weighted by Crippen LogP contribution is 2.15. The van der Waals surface area contributed by atoms with Crippen molar-refractivity contribution in [3.8, 4) is 0 Å². The summed E-state index contributed by atoms with van der Waals surface area (Å²) in [6, 6.07) is 7.53. The number of benzene rings is 1. The molecular weight excluding hydrogens is 257 g/mol. The van der Waals surface area contributed by atoms with Crippen molar-refractivity contribution >= 4 is 35.4 Å². The van der Waals surface area contributed by atoms with Gasteiger partial charge in [-0.15, -0.1) is 11.6 Å². The van der Waals surface area contributed by atoms with Crippen LogP contribution in [0.1, 0.15) is 22.9 Å². The average Bonchev–Trinajstić information content (AvgIpc) is 2.69. The zero-order valence-electron chi connectivity index (χ0n) is 9.28. The molecule has 0 saturated carbocycles. The minimum atomic E-state index is 0.365. The van der Waals surface area contributed by atoms with Crippen LogP contribution in [0.15, 0.2) is 28.7 Å². The van der Waals surface area contributed by atoms with Gasteiger partial charge in [0.15, 0.2) is 0 Å². The summed E-state index contributed by atoms with van der Waals surface area (Å²) in [5, 5.41) is 0.721. The van der Waals surface area contributed by atoms with Crippen molar-refractivity contribution in [3.63, 3.8) is 0 Å². The molecule has 0 unspecified atom stereocenters. The molecule has 0 bridgehead atoms. The van der Waals surface area contributed by atoms with Crippen LogP contribution in [0.2, 0.25) is 5.02 Å². The second kappa shape index (κ2) is 5.39. The van der Waals surface area contributed by atoms with E-state index in [0.29, 0.717) is 11.8 Å². The van der Waals surface area contributed by atoms with Crippen molar-refractivity contribution in [1.82, 2.24) is 4.98 Å². The number of halogens is 2. The zero-order valence-corrected chi connectivity index (χ0v) is 10.8. The van der Waals surface area contributed by atoms with Crippen molar-refractivity contribution in [3.05, 3.63) is 52.2 Å². The number of rotatable bonds is 3. The lowest BCUT2D eigenvalue weighted by Crippen LogP contribution is -1.79. The van der Waals surface area contributed by atoms with E-state index in [1.165, 1.54) is 0 Å². The molecule has 1 aromatic carbocycles. The van der Waals surface area contributed by atoms with Gasteiger partial charge in [-0.2, -0.15) is 0 Å². The molecule has 0 aliphatic carbocycles. The van der Waals surface area contributed by atoms with Crippen molar-refractivity contribution in [2.75, 3.05) is 0 Å². The van der Waals surface area contributed by atoms with Crippen LogP contribution in [0.5, 0.6) is 0 Å². The Morgan fingerprint density at radius 1 is 1.24 bits per heavy atom. The topological polar surface area (TPSA) is 26.0 Å². The quantitative estimate of drug-likeness (QED) is 0.763. The highest BCUT2D eigenvalue weighted by atomic mass is 35.5. The third kappa shape index (κ3) is 3.11. The third-order valence-corrected chi connectivity index (χ3v) is 2.83. The Morgan fingerprint density at radius 2 is 1.94 bits per heavy atom. The fourth-order valence-electron chi connectivity index (χ4n) is 1.39. The van der Waals surface area contributed by atoms with E-state index in [0.717, 1.165) is 22.0 Å². The summed E-state index contributed by atoms with van der Waals surface area (Å²) in [6.07, 6.45) is 3.73. The van der Waals surface area contributed by atoms with E-state index >= 15 is 0 Å². The van der Waals surface area contributed by atoms with Crippen molar-refractivity contribution in [2.24, 2.45) is 0 Å². The maximum Gasteiger partial charge on any atom is 0.219 e. The molecule has 0 aliphatic heterocycles. The van der Waals surface area contributed by atoms with Crippen LogP contribution in [0.3, 0.4) is 0 Å². The molecule has 1 heterocycles. The van der Waals surface area contributed by atoms with Crippen LogP contribution in [-0.2, 0) is 5.88 Å². The van der Waals surface area contributed by atoms with Crippen LogP contribution < -0.4 is 0 Å². The molecular formula is C13H11Cl2NO. The van der Waals surface area contributed by atoms with Crippen molar-refractivity contribution in [1.29, 1.82) is 0 Å². The molecule has 88 valence electrons. The molecule has 0 aliphatic rings. The molecule has 1 aromatic heterocycles. The lowest BCUT2D eigenvalue weighted by Gasteiger charge is -1.92. The highest BCUT2D eigenvalue weighted by Gasteiger charge is 2.05. The highest BCUT2D eigenvalue weighted by molar-refractivity contribution is 6.30. The van der Waals surface area contributed by atoms with Crippen LogP contribution in [0, 0.1) is 6.92 Å². The maximum atomic E-state index is 5.80. The normalized spacial score (nSPS) is 11.2. The number of nitrogens with zero attached hydrogens (tertiary/aromatic N) is 1. The maximum absolute atomic E-state index is 5.80. The molecule has 0 fully saturated rings. The average molecular weight is 268 g/mol. The molecule has 17 heavy (non-hydrogen) atoms. The smallest absolute Gasteiger partial charge is 0.219 e. The van der Waals surface area contributed by atoms with E-state index in [1.807, 2.05) is 43.3 Å². The number of aromatic nitrogens is 1. The van der Waals surface area contributed by atoms with Gasteiger partial charge < -0.3 is 4.42 Å². The Bertz CT molecular complexity index is 529. The van der Waals surface area contributed by atoms with Gasteiger partial charge in [-0.05, 0) is 30.7 Å². The SMILES string of the molecule is Cc1oc(/C=C/c2ccc(Cl)cc2)nc1CCl. The fraction of sp³-hybridized carbons (Fsp3) is 0.154. The Balaban J connectivity index is 2.17. The lowest BCUT2D eigenvalue weighted by atomic mass is 10.2. The second-order valence-electron chi connectivity index (χ2n) is 3.57. The number of oxazole rings is 1. The molecule has 0 amide bonds. The summed E-state index contributed by atoms with van der Waals surface area (Å²) < 4.78 is 5.44. The first-order chi connectivity index (χ1) is 8.19. The van der Waals surface area contributed by atoms with E-state index in [2.05, 4.69) is 4.98 Å². The first kappa shape index (κ1) is 12.2. The monoisotopic (exact) mass is 267 g/mol. The van der Waals surface area contributed by atoms with Gasteiger partial charge in [-0.25, -0.2) is 4.98 Å². The van der Waals surface area contributed by atoms with Crippen LogP contribution in [0.25, 0.3) is 12.2 Å². The first-order valence-electron chi connectivity index (χ1n) is 5.15. The van der Waals surface area contributed by atoms with E-state index in [1.54, 1.807) is 0 Å². The Hall–Kier alpha value is -1.25. The van der Waals surface area contributed by atoms with Crippen LogP contribution >= 0.6 is 23.2 Å². The minimum Gasteiger partial charge on any atom is -0.442 e. The van der Waals surface area contributed by atoms with Gasteiger partial charge in [0.1, 0.15) is 5.76 Å². The molecule has 2 aromatic rings. The van der Waals surface area contributed by atoms with Gasteiger partial charge in [0.2, 0.25) is 5.89 Å². The van der Waals surface area contributed by atoms with Crippen LogP contribution in [0.4, 0.5) is 0 Å². The second-order valence-corrected chi connectivity index (χ2v) is 4.28. The molecule has 0 atom stereocenters. The number of alkyl halides is 1. The lowest BCUT2D eigenvalue weighted by molar-refractivity contribution is 0.515. The summed E-state index contributed by atoms with van der Waals surface area (Å²) in [6.45, 7) is 1.85. The third-order valence-electron chi connectivity index (χ3n) is 2.32. The summed E-state index contributed by atoms with van der Waals surface area (Å²) in [4.78, 5) is 4.25. The van der Waals surface area contributed by atoms with E-state index < -0.39 is 0 Å². The molecule has 0 saturated heterocycles. The Labute approximate surface area is 110 Å². The standard InChI is InChI=1S/C13H11Cl2NO/c1-9-12(8-14)16-13(17-9)7-4-10-2-5-11(15)6-3-10/h2-7H,8H2,1H3/b7-4+. The number of hydrogen-bond donors (Lipinski definition) is 0. The Morgan fingerprint density at radius 3 is 2.53 bits per heavy atom. The molecule has 2 rings (SSSR count). The number of aryl methyl sites for hydroxylation is 1. The summed E-state index contributed by atoms with van der Waals surface area (Å²) in [5.41, 5.74) is 1.82. The molecule has 0 radical (unpaired) electrons. The van der Waals surface area contributed by atoms with Crippen molar-refractivity contribution in [2.45, 2.75) is 12.8 Å². The van der Waals surface area contributed by atoms with Gasteiger partial charge in [0, 0.05) is 11.1 Å². The van der Waals surface area contributed by atoms with E-state index in [-0.39, 0.29) is 0 Å². The van der Waals surface area contributed by atoms with Gasteiger partial charge >= 0.3 is 0 Å². The van der Waals surface area contributed by atoms with Gasteiger partial charge in [-0.3, -0.25) is 0 Å².